The maximum absolute atomic E-state index is 7.52. The lowest BCUT2D eigenvalue weighted by Crippen LogP contribution is -2.13. The third kappa shape index (κ3) is 2.93. The second-order valence-electron chi connectivity index (χ2n) is 4.30. The quantitative estimate of drug-likeness (QED) is 0.634. The molecule has 100 valence electrons. The van der Waals surface area contributed by atoms with E-state index in [0.717, 1.165) is 17.8 Å². The van der Waals surface area contributed by atoms with Crippen LogP contribution in [0.25, 0.3) is 0 Å². The Morgan fingerprint density at radius 3 is 2.79 bits per heavy atom. The van der Waals surface area contributed by atoms with E-state index in [1.54, 1.807) is 6.07 Å². The molecular weight excluding hydrogens is 240 g/mol. The summed E-state index contributed by atoms with van der Waals surface area (Å²) in [6.07, 6.45) is 0.901. The van der Waals surface area contributed by atoms with Gasteiger partial charge in [-0.2, -0.15) is 5.10 Å². The van der Waals surface area contributed by atoms with Crippen molar-refractivity contribution in [3.63, 3.8) is 0 Å². The van der Waals surface area contributed by atoms with Crippen LogP contribution in [0.15, 0.2) is 30.3 Å². The van der Waals surface area contributed by atoms with Gasteiger partial charge >= 0.3 is 0 Å². The first-order valence-corrected chi connectivity index (χ1v) is 6.19. The van der Waals surface area contributed by atoms with Crippen LogP contribution in [0.3, 0.4) is 0 Å². The monoisotopic (exact) mass is 258 g/mol. The predicted molar refractivity (Wildman–Crippen MR) is 74.4 cm³/mol. The van der Waals surface area contributed by atoms with Crippen LogP contribution in [0.2, 0.25) is 0 Å². The highest BCUT2D eigenvalue weighted by Crippen LogP contribution is 2.18. The van der Waals surface area contributed by atoms with Crippen LogP contribution in [0.1, 0.15) is 23.9 Å². The standard InChI is InChI=1S/C14H18N4O/c1-3-10-8-11(18(2)17-10)9-19-13-7-5-4-6-12(13)14(15)16/h4-8H,3,9H2,1-2H3,(H3,15,16). The number of hydrogen-bond donors (Lipinski definition) is 2. The van der Waals surface area contributed by atoms with Crippen LogP contribution in [0, 0.1) is 5.41 Å². The summed E-state index contributed by atoms with van der Waals surface area (Å²) in [6.45, 7) is 2.48. The number of amidine groups is 1. The number of nitrogens with zero attached hydrogens (tertiary/aromatic N) is 2. The first kappa shape index (κ1) is 13.1. The van der Waals surface area contributed by atoms with Gasteiger partial charge in [0.05, 0.1) is 17.0 Å². The molecule has 0 aliphatic heterocycles. The molecule has 2 rings (SSSR count). The Balaban J connectivity index is 2.14. The number of nitrogens with two attached hydrogens (primary N) is 1. The number of hydrogen-bond acceptors (Lipinski definition) is 3. The second-order valence-corrected chi connectivity index (χ2v) is 4.30. The minimum absolute atomic E-state index is 0.00912. The molecular formula is C14H18N4O. The number of nitrogen functional groups attached to an aromatic ring is 1. The fourth-order valence-electron chi connectivity index (χ4n) is 1.85. The molecule has 0 radical (unpaired) electrons. The van der Waals surface area contributed by atoms with E-state index in [1.807, 2.05) is 36.0 Å². The highest BCUT2D eigenvalue weighted by atomic mass is 16.5. The van der Waals surface area contributed by atoms with E-state index in [2.05, 4.69) is 12.0 Å². The summed E-state index contributed by atoms with van der Waals surface area (Å²) in [5.41, 5.74) is 8.17. The largest absolute Gasteiger partial charge is 0.487 e. The summed E-state index contributed by atoms with van der Waals surface area (Å²) in [5, 5.41) is 11.9. The zero-order chi connectivity index (χ0) is 13.8. The molecule has 0 saturated heterocycles. The van der Waals surface area contributed by atoms with Gasteiger partial charge in [-0.3, -0.25) is 10.1 Å². The maximum atomic E-state index is 7.52. The molecule has 1 aromatic heterocycles. The average Bonchev–Trinajstić information content (AvgIpc) is 2.77. The molecule has 0 unspecified atom stereocenters. The zero-order valence-electron chi connectivity index (χ0n) is 11.2. The van der Waals surface area contributed by atoms with Crippen LogP contribution >= 0.6 is 0 Å². The van der Waals surface area contributed by atoms with Crippen molar-refractivity contribution in [2.45, 2.75) is 20.0 Å². The highest BCUT2D eigenvalue weighted by molar-refractivity contribution is 5.97. The Morgan fingerprint density at radius 2 is 2.16 bits per heavy atom. The minimum atomic E-state index is 0.00912. The molecule has 2 aromatic rings. The smallest absolute Gasteiger partial charge is 0.130 e. The van der Waals surface area contributed by atoms with Crippen molar-refractivity contribution in [2.75, 3.05) is 0 Å². The van der Waals surface area contributed by atoms with Crippen LogP contribution < -0.4 is 10.5 Å². The zero-order valence-corrected chi connectivity index (χ0v) is 11.2. The Hall–Kier alpha value is -2.30. The molecule has 19 heavy (non-hydrogen) atoms. The van der Waals surface area contributed by atoms with Crippen molar-refractivity contribution >= 4 is 5.84 Å². The summed E-state index contributed by atoms with van der Waals surface area (Å²) in [7, 11) is 1.90. The summed E-state index contributed by atoms with van der Waals surface area (Å²) >= 11 is 0. The van der Waals surface area contributed by atoms with Gasteiger partial charge in [0.1, 0.15) is 18.2 Å². The third-order valence-corrected chi connectivity index (χ3v) is 2.94. The number of para-hydroxylation sites is 1. The Kier molecular flexibility index (Phi) is 3.85. The van der Waals surface area contributed by atoms with Crippen LogP contribution in [-0.2, 0) is 20.1 Å². The Morgan fingerprint density at radius 1 is 1.42 bits per heavy atom. The lowest BCUT2D eigenvalue weighted by Gasteiger charge is -2.10. The lowest BCUT2D eigenvalue weighted by molar-refractivity contribution is 0.294. The second kappa shape index (κ2) is 5.56. The normalized spacial score (nSPS) is 10.4. The van der Waals surface area contributed by atoms with Crippen LogP contribution in [0.4, 0.5) is 0 Å². The molecule has 0 saturated carbocycles. The first-order valence-electron chi connectivity index (χ1n) is 6.19. The van der Waals surface area contributed by atoms with Gasteiger partial charge in [0, 0.05) is 7.05 Å². The third-order valence-electron chi connectivity index (χ3n) is 2.94. The first-order chi connectivity index (χ1) is 9.11. The van der Waals surface area contributed by atoms with E-state index in [1.165, 1.54) is 0 Å². The number of aryl methyl sites for hydroxylation is 2. The number of aromatic nitrogens is 2. The van der Waals surface area contributed by atoms with Crippen molar-refractivity contribution in [2.24, 2.45) is 12.8 Å². The molecule has 5 nitrogen and oxygen atoms in total. The van der Waals surface area contributed by atoms with Crippen molar-refractivity contribution < 1.29 is 4.74 Å². The highest BCUT2D eigenvalue weighted by Gasteiger charge is 2.08. The predicted octanol–water partition coefficient (Wildman–Crippen LogP) is 1.85. The number of nitrogens with one attached hydrogen (secondary N) is 1. The number of ether oxygens (including phenoxy) is 1. The van der Waals surface area contributed by atoms with Gasteiger partial charge in [0.2, 0.25) is 0 Å². The Labute approximate surface area is 112 Å². The van der Waals surface area contributed by atoms with E-state index in [4.69, 9.17) is 15.9 Å². The summed E-state index contributed by atoms with van der Waals surface area (Å²) in [5.74, 6) is 0.629. The molecule has 0 spiro atoms. The van der Waals surface area contributed by atoms with Gasteiger partial charge in [-0.15, -0.1) is 0 Å². The van der Waals surface area contributed by atoms with Gasteiger partial charge < -0.3 is 10.5 Å². The number of benzene rings is 1. The number of rotatable bonds is 5. The van der Waals surface area contributed by atoms with E-state index in [0.29, 0.717) is 17.9 Å². The topological polar surface area (TPSA) is 76.9 Å². The minimum Gasteiger partial charge on any atom is -0.487 e. The molecule has 5 heteroatoms. The van der Waals surface area contributed by atoms with Crippen molar-refractivity contribution in [3.8, 4) is 5.75 Å². The molecule has 0 amide bonds. The van der Waals surface area contributed by atoms with Crippen LogP contribution in [-0.4, -0.2) is 15.6 Å². The fourth-order valence-corrected chi connectivity index (χ4v) is 1.85. The van der Waals surface area contributed by atoms with Gasteiger partial charge in [-0.1, -0.05) is 19.1 Å². The molecule has 0 bridgehead atoms. The van der Waals surface area contributed by atoms with E-state index in [-0.39, 0.29) is 5.84 Å². The van der Waals surface area contributed by atoms with E-state index < -0.39 is 0 Å². The summed E-state index contributed by atoms with van der Waals surface area (Å²) < 4.78 is 7.56. The Bertz CT molecular complexity index is 589. The molecule has 0 atom stereocenters. The van der Waals surface area contributed by atoms with Crippen molar-refractivity contribution in [1.29, 1.82) is 5.41 Å². The molecule has 1 heterocycles. The summed E-state index contributed by atoms with van der Waals surface area (Å²) in [6, 6.07) is 9.31. The SMILES string of the molecule is CCc1cc(COc2ccccc2C(=N)N)n(C)n1. The van der Waals surface area contributed by atoms with E-state index in [9.17, 15) is 0 Å². The van der Waals surface area contributed by atoms with Crippen molar-refractivity contribution in [3.05, 3.63) is 47.3 Å². The van der Waals surface area contributed by atoms with Gasteiger partial charge in [-0.05, 0) is 24.6 Å². The molecule has 1 aromatic carbocycles. The fraction of sp³-hybridized carbons (Fsp3) is 0.286. The van der Waals surface area contributed by atoms with Gasteiger partial charge in [0.15, 0.2) is 0 Å². The van der Waals surface area contributed by atoms with Gasteiger partial charge in [0.25, 0.3) is 0 Å². The van der Waals surface area contributed by atoms with E-state index >= 15 is 0 Å². The maximum Gasteiger partial charge on any atom is 0.130 e. The summed E-state index contributed by atoms with van der Waals surface area (Å²) in [4.78, 5) is 0. The molecule has 0 aliphatic carbocycles. The molecule has 0 fully saturated rings. The molecule has 0 aliphatic rings. The molecule has 3 N–H and O–H groups in total. The van der Waals surface area contributed by atoms with Gasteiger partial charge in [-0.25, -0.2) is 0 Å². The van der Waals surface area contributed by atoms with Crippen LogP contribution in [0.5, 0.6) is 5.75 Å². The lowest BCUT2D eigenvalue weighted by atomic mass is 10.2. The van der Waals surface area contributed by atoms with Crippen molar-refractivity contribution in [1.82, 2.24) is 9.78 Å². The average molecular weight is 258 g/mol.